The van der Waals surface area contributed by atoms with Crippen molar-refractivity contribution in [1.82, 2.24) is 9.97 Å². The number of aromatic nitrogens is 2. The highest BCUT2D eigenvalue weighted by atomic mass is 32.2. The van der Waals surface area contributed by atoms with Crippen LogP contribution in [0, 0.1) is 24.2 Å². The lowest BCUT2D eigenvalue weighted by molar-refractivity contribution is 0.415. The number of anilines is 1. The van der Waals surface area contributed by atoms with Gasteiger partial charge in [-0.05, 0) is 56.0 Å². The molecule has 0 aliphatic rings. The van der Waals surface area contributed by atoms with Crippen molar-refractivity contribution in [3.63, 3.8) is 0 Å². The third-order valence-electron chi connectivity index (χ3n) is 5.09. The van der Waals surface area contributed by atoms with Crippen LogP contribution < -0.4 is 10.2 Å². The number of methoxy groups -OCH3 is 1. The maximum Gasteiger partial charge on any atom is 0.190 e. The molecule has 0 saturated heterocycles. The molecule has 1 N–H and O–H groups in total. The molecule has 7 heteroatoms. The monoisotopic (exact) mass is 459 g/mol. The van der Waals surface area contributed by atoms with E-state index in [1.807, 2.05) is 62.4 Å². The second kappa shape index (κ2) is 11.5. The Morgan fingerprint density at radius 3 is 2.42 bits per heavy atom. The van der Waals surface area contributed by atoms with Gasteiger partial charge in [0.25, 0.3) is 0 Å². The van der Waals surface area contributed by atoms with Crippen molar-refractivity contribution in [2.75, 3.05) is 18.3 Å². The molecule has 0 radical (unpaired) electrons. The van der Waals surface area contributed by atoms with E-state index < -0.39 is 0 Å². The standard InChI is InChI=1S/C26H29N5OS/c1-17(2)14-15-33-26-28-24(21-10-12-22(32-5)13-11-21)23(16-27)25(29-26)31-30-19(4)20-8-6-18(3)7-9-20/h6-13,17H,14-15H2,1-5H3,(H,28,29,31)/b30-19-. The summed E-state index contributed by atoms with van der Waals surface area (Å²) >= 11 is 1.59. The third-order valence-corrected chi connectivity index (χ3v) is 5.97. The Bertz CT molecular complexity index is 1150. The number of nitriles is 1. The Morgan fingerprint density at radius 2 is 1.82 bits per heavy atom. The average Bonchev–Trinajstić information content (AvgIpc) is 2.82. The number of aryl methyl sites for hydroxylation is 1. The lowest BCUT2D eigenvalue weighted by atomic mass is 10.1. The SMILES string of the molecule is COc1ccc(-c2nc(SCCC(C)C)nc(N/N=C(/C)c3ccc(C)cc3)c2C#N)cc1. The van der Waals surface area contributed by atoms with Crippen molar-refractivity contribution >= 4 is 23.3 Å². The van der Waals surface area contributed by atoms with Crippen molar-refractivity contribution < 1.29 is 4.74 Å². The van der Waals surface area contributed by atoms with E-state index in [1.54, 1.807) is 18.9 Å². The van der Waals surface area contributed by atoms with Gasteiger partial charge in [0.2, 0.25) is 0 Å². The van der Waals surface area contributed by atoms with Crippen LogP contribution in [0.2, 0.25) is 0 Å². The van der Waals surface area contributed by atoms with Gasteiger partial charge >= 0.3 is 0 Å². The molecule has 0 saturated carbocycles. The molecule has 0 atom stereocenters. The van der Waals surface area contributed by atoms with Gasteiger partial charge in [-0.2, -0.15) is 10.4 Å². The predicted octanol–water partition coefficient (Wildman–Crippen LogP) is 6.31. The zero-order valence-corrected chi connectivity index (χ0v) is 20.5. The summed E-state index contributed by atoms with van der Waals surface area (Å²) in [7, 11) is 1.63. The average molecular weight is 460 g/mol. The molecule has 3 rings (SSSR count). The molecule has 170 valence electrons. The quantitative estimate of drug-likeness (QED) is 0.175. The lowest BCUT2D eigenvalue weighted by Crippen LogP contribution is -2.06. The fourth-order valence-corrected chi connectivity index (χ4v) is 4.11. The largest absolute Gasteiger partial charge is 0.497 e. The number of hydrogen-bond donors (Lipinski definition) is 1. The van der Waals surface area contributed by atoms with Gasteiger partial charge in [0.05, 0.1) is 18.5 Å². The van der Waals surface area contributed by atoms with Crippen molar-refractivity contribution in [2.45, 2.75) is 39.3 Å². The van der Waals surface area contributed by atoms with Gasteiger partial charge in [-0.25, -0.2) is 9.97 Å². The van der Waals surface area contributed by atoms with Gasteiger partial charge in [-0.15, -0.1) is 0 Å². The number of rotatable bonds is 9. The van der Waals surface area contributed by atoms with Crippen molar-refractivity contribution in [1.29, 1.82) is 5.26 Å². The molecular formula is C26H29N5OS. The minimum Gasteiger partial charge on any atom is -0.497 e. The molecule has 3 aromatic rings. The minimum absolute atomic E-state index is 0.355. The first-order valence-electron chi connectivity index (χ1n) is 10.9. The van der Waals surface area contributed by atoms with E-state index >= 15 is 0 Å². The number of nitrogens with one attached hydrogen (secondary N) is 1. The normalized spacial score (nSPS) is 11.4. The zero-order chi connectivity index (χ0) is 23.8. The first kappa shape index (κ1) is 24.3. The van der Waals surface area contributed by atoms with Gasteiger partial charge in [-0.3, -0.25) is 5.43 Å². The molecule has 1 heterocycles. The van der Waals surface area contributed by atoms with Crippen molar-refractivity contribution in [3.05, 3.63) is 65.2 Å². The molecule has 0 spiro atoms. The van der Waals surface area contributed by atoms with E-state index in [2.05, 4.69) is 35.4 Å². The summed E-state index contributed by atoms with van der Waals surface area (Å²) in [5.41, 5.74) is 7.77. The van der Waals surface area contributed by atoms with Crippen LogP contribution in [0.15, 0.2) is 58.8 Å². The number of ether oxygens (including phenoxy) is 1. The first-order chi connectivity index (χ1) is 15.9. The highest BCUT2D eigenvalue weighted by Crippen LogP contribution is 2.30. The Hall–Kier alpha value is -3.37. The summed E-state index contributed by atoms with van der Waals surface area (Å²) in [4.78, 5) is 9.35. The van der Waals surface area contributed by atoms with E-state index in [1.165, 1.54) is 5.56 Å². The van der Waals surface area contributed by atoms with Crippen LogP contribution in [-0.4, -0.2) is 28.5 Å². The summed E-state index contributed by atoms with van der Waals surface area (Å²) < 4.78 is 5.27. The molecule has 0 fully saturated rings. The third kappa shape index (κ3) is 6.56. The smallest absolute Gasteiger partial charge is 0.190 e. The van der Waals surface area contributed by atoms with Crippen LogP contribution in [0.5, 0.6) is 5.75 Å². The molecule has 0 aliphatic heterocycles. The number of hydrazone groups is 1. The summed E-state index contributed by atoms with van der Waals surface area (Å²) in [5, 5.41) is 15.1. The van der Waals surface area contributed by atoms with Crippen LogP contribution in [-0.2, 0) is 0 Å². The highest BCUT2D eigenvalue weighted by Gasteiger charge is 2.17. The molecule has 0 bridgehead atoms. The summed E-state index contributed by atoms with van der Waals surface area (Å²) in [6.07, 6.45) is 1.05. The van der Waals surface area contributed by atoms with E-state index in [9.17, 15) is 5.26 Å². The maximum absolute atomic E-state index is 9.96. The van der Waals surface area contributed by atoms with E-state index in [-0.39, 0.29) is 0 Å². The topological polar surface area (TPSA) is 83.2 Å². The Morgan fingerprint density at radius 1 is 1.12 bits per heavy atom. The van der Waals surface area contributed by atoms with Gasteiger partial charge in [-0.1, -0.05) is 55.4 Å². The molecule has 1 aromatic heterocycles. The molecule has 0 unspecified atom stereocenters. The lowest BCUT2D eigenvalue weighted by Gasteiger charge is -2.12. The maximum atomic E-state index is 9.96. The Kier molecular flexibility index (Phi) is 8.45. The van der Waals surface area contributed by atoms with Crippen LogP contribution in [0.25, 0.3) is 11.3 Å². The fourth-order valence-electron chi connectivity index (χ4n) is 3.03. The second-order valence-electron chi connectivity index (χ2n) is 8.12. The van der Waals surface area contributed by atoms with Crippen molar-refractivity contribution in [3.8, 4) is 23.1 Å². The van der Waals surface area contributed by atoms with Gasteiger partial charge < -0.3 is 4.74 Å². The summed E-state index contributed by atoms with van der Waals surface area (Å²) in [6, 6.07) is 17.9. The van der Waals surface area contributed by atoms with E-state index in [0.29, 0.717) is 28.1 Å². The fraction of sp³-hybridized carbons (Fsp3) is 0.308. The zero-order valence-electron chi connectivity index (χ0n) is 19.7. The summed E-state index contributed by atoms with van der Waals surface area (Å²) in [5.74, 6) is 2.64. The number of benzene rings is 2. The van der Waals surface area contributed by atoms with Gasteiger partial charge in [0.1, 0.15) is 17.4 Å². The molecular weight excluding hydrogens is 430 g/mol. The van der Waals surface area contributed by atoms with Gasteiger partial charge in [0.15, 0.2) is 11.0 Å². The Balaban J connectivity index is 1.99. The number of thioether (sulfide) groups is 1. The van der Waals surface area contributed by atoms with Crippen LogP contribution in [0.1, 0.15) is 43.9 Å². The molecule has 2 aromatic carbocycles. The van der Waals surface area contributed by atoms with E-state index in [0.717, 1.165) is 34.8 Å². The van der Waals surface area contributed by atoms with E-state index in [4.69, 9.17) is 9.72 Å². The number of nitrogens with zero attached hydrogens (tertiary/aromatic N) is 4. The second-order valence-corrected chi connectivity index (χ2v) is 9.19. The minimum atomic E-state index is 0.355. The highest BCUT2D eigenvalue weighted by molar-refractivity contribution is 7.99. The first-order valence-corrected chi connectivity index (χ1v) is 11.9. The van der Waals surface area contributed by atoms with Gasteiger partial charge in [0, 0.05) is 11.3 Å². The molecule has 0 amide bonds. The number of hydrogen-bond acceptors (Lipinski definition) is 7. The van der Waals surface area contributed by atoms with Crippen LogP contribution >= 0.6 is 11.8 Å². The van der Waals surface area contributed by atoms with Crippen LogP contribution in [0.4, 0.5) is 5.82 Å². The predicted molar refractivity (Wildman–Crippen MR) is 136 cm³/mol. The summed E-state index contributed by atoms with van der Waals surface area (Å²) in [6.45, 7) is 8.36. The molecule has 33 heavy (non-hydrogen) atoms. The Labute approximate surface area is 200 Å². The molecule has 0 aliphatic carbocycles. The van der Waals surface area contributed by atoms with Crippen LogP contribution in [0.3, 0.4) is 0 Å². The van der Waals surface area contributed by atoms with Crippen molar-refractivity contribution in [2.24, 2.45) is 11.0 Å². The molecule has 6 nitrogen and oxygen atoms in total.